The number of likely N-dealkylation sites (tertiary alicyclic amines) is 1. The number of nitrogens with zero attached hydrogens (tertiary/aromatic N) is 4. The van der Waals surface area contributed by atoms with Crippen molar-refractivity contribution < 1.29 is 9.53 Å². The Balaban J connectivity index is 1.24. The van der Waals surface area contributed by atoms with Crippen LogP contribution in [0.4, 0.5) is 11.6 Å². The zero-order chi connectivity index (χ0) is 23.7. The Hall–Kier alpha value is -4.38. The molecule has 0 bridgehead atoms. The summed E-state index contributed by atoms with van der Waals surface area (Å²) >= 11 is 0. The number of hydrogen-bond acceptors (Lipinski definition) is 7. The highest BCUT2D eigenvalue weighted by Crippen LogP contribution is 2.50. The first-order valence-corrected chi connectivity index (χ1v) is 11.0. The summed E-state index contributed by atoms with van der Waals surface area (Å²) in [7, 11) is 0. The van der Waals surface area contributed by atoms with Crippen LogP contribution in [0.5, 0.6) is 11.5 Å². The lowest BCUT2D eigenvalue weighted by Crippen LogP contribution is -2.66. The van der Waals surface area contributed by atoms with E-state index in [9.17, 15) is 4.79 Å². The highest BCUT2D eigenvalue weighted by atomic mass is 16.5. The fraction of sp³-hybridized carbons (Fsp3) is 0.231. The summed E-state index contributed by atoms with van der Waals surface area (Å²) < 4.78 is 5.88. The summed E-state index contributed by atoms with van der Waals surface area (Å²) in [6, 6.07) is 19.3. The molecule has 1 spiro atoms. The van der Waals surface area contributed by atoms with Gasteiger partial charge in [-0.1, -0.05) is 36.9 Å². The highest BCUT2D eigenvalue weighted by molar-refractivity contribution is 5.97. The maximum absolute atomic E-state index is 12.1. The van der Waals surface area contributed by atoms with E-state index in [0.717, 1.165) is 35.5 Å². The number of benzene rings is 2. The third-order valence-electron chi connectivity index (χ3n) is 6.43. The van der Waals surface area contributed by atoms with Gasteiger partial charge in [-0.05, 0) is 42.7 Å². The van der Waals surface area contributed by atoms with Crippen LogP contribution in [0.25, 0.3) is 11.1 Å². The van der Waals surface area contributed by atoms with E-state index >= 15 is 0 Å². The number of nitriles is 1. The van der Waals surface area contributed by atoms with Gasteiger partial charge in [0.1, 0.15) is 41.1 Å². The topological polar surface area (TPSA) is 117 Å². The predicted octanol–water partition coefficient (Wildman–Crippen LogP) is 4.00. The van der Waals surface area contributed by atoms with Gasteiger partial charge in [0.2, 0.25) is 0 Å². The quantitative estimate of drug-likeness (QED) is 0.429. The molecule has 1 saturated carbocycles. The molecule has 3 N–H and O–H groups in total. The third-order valence-corrected chi connectivity index (χ3v) is 6.43. The monoisotopic (exact) mass is 452 g/mol. The Labute approximate surface area is 197 Å². The van der Waals surface area contributed by atoms with E-state index in [4.69, 9.17) is 15.7 Å². The summed E-state index contributed by atoms with van der Waals surface area (Å²) in [4.78, 5) is 22.4. The van der Waals surface area contributed by atoms with Gasteiger partial charge >= 0.3 is 0 Å². The molecule has 3 aromatic rings. The number of carbonyl (C=O) groups is 1. The highest BCUT2D eigenvalue weighted by Gasteiger charge is 2.54. The standard InChI is InChI=1S/C26H24N6O2/c1-17(13-27)25(33)32-14-26(15-32)11-19(12-26)31-24-22(23(28)29-16-30-24)18-7-9-21(10-8-18)34-20-5-3-2-4-6-20/h2-10,16,19H,1,11-12,14-15H2,(H3,28,29,30,31). The lowest BCUT2D eigenvalue weighted by atomic mass is 9.60. The molecule has 1 amide bonds. The molecule has 1 aliphatic carbocycles. The van der Waals surface area contributed by atoms with Gasteiger partial charge in [0.05, 0.1) is 5.56 Å². The molecule has 2 heterocycles. The van der Waals surface area contributed by atoms with Crippen molar-refractivity contribution in [1.29, 1.82) is 5.26 Å². The van der Waals surface area contributed by atoms with Crippen molar-refractivity contribution in [3.63, 3.8) is 0 Å². The molecule has 0 atom stereocenters. The molecule has 170 valence electrons. The maximum Gasteiger partial charge on any atom is 0.263 e. The summed E-state index contributed by atoms with van der Waals surface area (Å²) in [5.74, 6) is 2.32. The third kappa shape index (κ3) is 4.04. The number of aromatic nitrogens is 2. The number of nitrogens with one attached hydrogen (secondary N) is 1. The molecule has 1 aromatic heterocycles. The van der Waals surface area contributed by atoms with Gasteiger partial charge < -0.3 is 20.7 Å². The average molecular weight is 453 g/mol. The molecule has 2 aromatic carbocycles. The molecule has 34 heavy (non-hydrogen) atoms. The van der Waals surface area contributed by atoms with E-state index < -0.39 is 0 Å². The number of nitrogen functional groups attached to an aromatic ring is 1. The van der Waals surface area contributed by atoms with Gasteiger partial charge in [-0.2, -0.15) is 5.26 Å². The Morgan fingerprint density at radius 2 is 1.79 bits per heavy atom. The molecule has 1 saturated heterocycles. The molecule has 8 heteroatoms. The normalized spacial score (nSPS) is 16.1. The Morgan fingerprint density at radius 1 is 1.12 bits per heavy atom. The second kappa shape index (κ2) is 8.52. The Morgan fingerprint density at radius 3 is 2.47 bits per heavy atom. The Kier molecular flexibility index (Phi) is 5.38. The first-order valence-electron chi connectivity index (χ1n) is 11.0. The van der Waals surface area contributed by atoms with Gasteiger partial charge in [-0.15, -0.1) is 0 Å². The van der Waals surface area contributed by atoms with Crippen molar-refractivity contribution in [3.8, 4) is 28.7 Å². The number of carbonyl (C=O) groups excluding carboxylic acids is 1. The summed E-state index contributed by atoms with van der Waals surface area (Å²) in [6.45, 7) is 4.83. The van der Waals surface area contributed by atoms with Crippen molar-refractivity contribution in [2.24, 2.45) is 5.41 Å². The first kappa shape index (κ1) is 21.5. The minimum Gasteiger partial charge on any atom is -0.457 e. The van der Waals surface area contributed by atoms with Crippen LogP contribution in [0.2, 0.25) is 0 Å². The first-order chi connectivity index (χ1) is 16.5. The number of para-hydroxylation sites is 1. The molecular formula is C26H24N6O2. The fourth-order valence-electron chi connectivity index (χ4n) is 4.79. The molecule has 0 unspecified atom stereocenters. The molecule has 1 aliphatic heterocycles. The van der Waals surface area contributed by atoms with E-state index in [1.165, 1.54) is 6.33 Å². The molecule has 2 aliphatic rings. The second-order valence-electron chi connectivity index (χ2n) is 8.92. The average Bonchev–Trinajstić information content (AvgIpc) is 2.80. The number of nitrogens with two attached hydrogens (primary N) is 1. The van der Waals surface area contributed by atoms with Gasteiger partial charge in [-0.25, -0.2) is 9.97 Å². The van der Waals surface area contributed by atoms with Gasteiger partial charge in [0, 0.05) is 24.5 Å². The zero-order valence-electron chi connectivity index (χ0n) is 18.6. The van der Waals surface area contributed by atoms with E-state index in [1.54, 1.807) is 4.90 Å². The second-order valence-corrected chi connectivity index (χ2v) is 8.92. The fourth-order valence-corrected chi connectivity index (χ4v) is 4.79. The van der Waals surface area contributed by atoms with E-state index in [0.29, 0.717) is 24.7 Å². The number of rotatable bonds is 6. The summed E-state index contributed by atoms with van der Waals surface area (Å²) in [5, 5.41) is 12.4. The van der Waals surface area contributed by atoms with Crippen LogP contribution in [0, 0.1) is 16.7 Å². The Bertz CT molecular complexity index is 1270. The van der Waals surface area contributed by atoms with Gasteiger partial charge in [0.15, 0.2) is 0 Å². The molecule has 8 nitrogen and oxygen atoms in total. The van der Waals surface area contributed by atoms with Crippen molar-refractivity contribution in [2.75, 3.05) is 24.1 Å². The molecule has 5 rings (SSSR count). The van der Waals surface area contributed by atoms with Crippen LogP contribution < -0.4 is 15.8 Å². The van der Waals surface area contributed by atoms with Crippen LogP contribution in [-0.2, 0) is 4.79 Å². The minimum absolute atomic E-state index is 0.00913. The number of hydrogen-bond donors (Lipinski definition) is 2. The summed E-state index contributed by atoms with van der Waals surface area (Å²) in [6.07, 6.45) is 3.30. The van der Waals surface area contributed by atoms with Crippen LogP contribution in [0.1, 0.15) is 12.8 Å². The lowest BCUT2D eigenvalue weighted by Gasteiger charge is -2.59. The largest absolute Gasteiger partial charge is 0.457 e. The van der Waals surface area contributed by atoms with Crippen molar-refractivity contribution in [2.45, 2.75) is 18.9 Å². The zero-order valence-corrected chi connectivity index (χ0v) is 18.6. The van der Waals surface area contributed by atoms with E-state index in [-0.39, 0.29) is 22.9 Å². The number of anilines is 2. The van der Waals surface area contributed by atoms with Crippen molar-refractivity contribution >= 4 is 17.5 Å². The van der Waals surface area contributed by atoms with Crippen molar-refractivity contribution in [3.05, 3.63) is 73.1 Å². The van der Waals surface area contributed by atoms with E-state index in [1.807, 2.05) is 60.7 Å². The number of ether oxygens (including phenoxy) is 1. The minimum atomic E-state index is -0.268. The predicted molar refractivity (Wildman–Crippen MR) is 129 cm³/mol. The van der Waals surface area contributed by atoms with Crippen molar-refractivity contribution in [1.82, 2.24) is 14.9 Å². The molecular weight excluding hydrogens is 428 g/mol. The molecule has 0 radical (unpaired) electrons. The van der Waals surface area contributed by atoms with Crippen LogP contribution in [0.3, 0.4) is 0 Å². The van der Waals surface area contributed by atoms with Gasteiger partial charge in [-0.3, -0.25) is 4.79 Å². The SMILES string of the molecule is C=C(C#N)C(=O)N1CC2(CC(Nc3ncnc(N)c3-c3ccc(Oc4ccccc4)cc3)C2)C1. The lowest BCUT2D eigenvalue weighted by molar-refractivity contribution is -0.145. The van der Waals surface area contributed by atoms with Gasteiger partial charge in [0.25, 0.3) is 5.91 Å². The van der Waals surface area contributed by atoms with E-state index in [2.05, 4.69) is 21.9 Å². The number of amides is 1. The maximum atomic E-state index is 12.1. The smallest absolute Gasteiger partial charge is 0.263 e. The van der Waals surface area contributed by atoms with Crippen LogP contribution >= 0.6 is 0 Å². The van der Waals surface area contributed by atoms with Crippen LogP contribution in [0.15, 0.2) is 73.1 Å². The van der Waals surface area contributed by atoms with Crippen LogP contribution in [-0.4, -0.2) is 39.9 Å². The molecule has 2 fully saturated rings. The summed E-state index contributed by atoms with van der Waals surface area (Å²) in [5.41, 5.74) is 7.98.